The maximum Gasteiger partial charge on any atom is 0.157 e. The number of nitriles is 1. The van der Waals surface area contributed by atoms with Crippen molar-refractivity contribution >= 4 is 34.9 Å². The Labute approximate surface area is 78.7 Å². The minimum Gasteiger partial charge on any atom is -0.398 e. The maximum absolute atomic E-state index is 13.0. The standard InChI is InChI=1S/C7H3BBrFN2/c8-4-1-3(2-11)6(10)5(9)7(4)12/h1H,12H2. The van der Waals surface area contributed by atoms with Crippen LogP contribution in [0.25, 0.3) is 0 Å². The maximum atomic E-state index is 13.0. The lowest BCUT2D eigenvalue weighted by Crippen LogP contribution is -2.12. The summed E-state index contributed by atoms with van der Waals surface area (Å²) in [5.74, 6) is -0.677. The van der Waals surface area contributed by atoms with Crippen molar-refractivity contribution in [2.45, 2.75) is 0 Å². The molecule has 1 rings (SSSR count). The molecule has 12 heavy (non-hydrogen) atoms. The number of hydrogen-bond donors (Lipinski definition) is 1. The van der Waals surface area contributed by atoms with Gasteiger partial charge >= 0.3 is 0 Å². The van der Waals surface area contributed by atoms with E-state index in [1.54, 1.807) is 6.07 Å². The van der Waals surface area contributed by atoms with Crippen molar-refractivity contribution in [2.24, 2.45) is 0 Å². The second kappa shape index (κ2) is 3.15. The van der Waals surface area contributed by atoms with Crippen molar-refractivity contribution in [2.75, 3.05) is 5.73 Å². The van der Waals surface area contributed by atoms with Crippen LogP contribution < -0.4 is 11.2 Å². The van der Waals surface area contributed by atoms with Crippen molar-refractivity contribution in [1.82, 2.24) is 0 Å². The number of rotatable bonds is 0. The fourth-order valence-corrected chi connectivity index (χ4v) is 1.18. The fraction of sp³-hybridized carbons (Fsp3) is 0. The van der Waals surface area contributed by atoms with Crippen LogP contribution in [0, 0.1) is 17.1 Å². The van der Waals surface area contributed by atoms with Crippen LogP contribution in [-0.2, 0) is 0 Å². The number of nitrogens with zero attached hydrogens (tertiary/aromatic N) is 1. The van der Waals surface area contributed by atoms with E-state index in [2.05, 4.69) is 15.9 Å². The molecular formula is C7H3BBrFN2. The number of anilines is 1. The highest BCUT2D eigenvalue weighted by Crippen LogP contribution is 2.23. The molecule has 58 valence electrons. The molecule has 0 unspecified atom stereocenters. The van der Waals surface area contributed by atoms with E-state index in [-0.39, 0.29) is 21.2 Å². The van der Waals surface area contributed by atoms with Gasteiger partial charge in [-0.05, 0) is 22.0 Å². The lowest BCUT2D eigenvalue weighted by Gasteiger charge is -2.05. The number of halogens is 2. The number of hydrogen-bond acceptors (Lipinski definition) is 2. The SMILES string of the molecule is [B]c1cc(C#N)c(F)c(Br)c1N. The van der Waals surface area contributed by atoms with Crippen LogP contribution >= 0.6 is 15.9 Å². The van der Waals surface area contributed by atoms with Gasteiger partial charge in [-0.1, -0.05) is 5.46 Å². The molecule has 0 aliphatic heterocycles. The Balaban J connectivity index is 3.52. The second-order valence-electron chi connectivity index (χ2n) is 2.17. The summed E-state index contributed by atoms with van der Waals surface area (Å²) in [7, 11) is 5.39. The van der Waals surface area contributed by atoms with Gasteiger partial charge in [0.2, 0.25) is 0 Å². The molecule has 0 spiro atoms. The molecule has 2 nitrogen and oxygen atoms in total. The molecule has 1 aromatic rings. The van der Waals surface area contributed by atoms with Crippen molar-refractivity contribution < 1.29 is 4.39 Å². The summed E-state index contributed by atoms with van der Waals surface area (Å²) < 4.78 is 13.1. The van der Waals surface area contributed by atoms with Gasteiger partial charge in [-0.2, -0.15) is 5.26 Å². The monoisotopic (exact) mass is 224 g/mol. The quantitative estimate of drug-likeness (QED) is 0.525. The van der Waals surface area contributed by atoms with Gasteiger partial charge in [0, 0.05) is 5.69 Å². The van der Waals surface area contributed by atoms with Crippen LogP contribution in [0.2, 0.25) is 0 Å². The van der Waals surface area contributed by atoms with Crippen molar-refractivity contribution in [3.05, 3.63) is 21.9 Å². The van der Waals surface area contributed by atoms with E-state index in [9.17, 15) is 4.39 Å². The van der Waals surface area contributed by atoms with Gasteiger partial charge in [0.15, 0.2) is 5.82 Å². The molecular weight excluding hydrogens is 222 g/mol. The average molecular weight is 225 g/mol. The minimum absolute atomic E-state index is 0.0408. The Hall–Kier alpha value is -1.02. The van der Waals surface area contributed by atoms with Gasteiger partial charge in [0.25, 0.3) is 0 Å². The van der Waals surface area contributed by atoms with E-state index in [0.717, 1.165) is 0 Å². The predicted molar refractivity (Wildman–Crippen MR) is 48.6 cm³/mol. The third-order valence-corrected chi connectivity index (χ3v) is 2.17. The first-order valence-electron chi connectivity index (χ1n) is 3.01. The van der Waals surface area contributed by atoms with E-state index in [4.69, 9.17) is 18.8 Å². The van der Waals surface area contributed by atoms with Crippen molar-refractivity contribution in [3.63, 3.8) is 0 Å². The summed E-state index contributed by atoms with van der Waals surface area (Å²) in [6, 6.07) is 2.87. The highest BCUT2D eigenvalue weighted by molar-refractivity contribution is 9.10. The summed E-state index contributed by atoms with van der Waals surface area (Å²) in [6.45, 7) is 0. The number of nitrogen functional groups attached to an aromatic ring is 1. The molecule has 2 radical (unpaired) electrons. The first-order valence-corrected chi connectivity index (χ1v) is 3.80. The van der Waals surface area contributed by atoms with Gasteiger partial charge in [-0.3, -0.25) is 0 Å². The van der Waals surface area contributed by atoms with E-state index in [1.807, 2.05) is 0 Å². The lowest BCUT2D eigenvalue weighted by molar-refractivity contribution is 0.618. The van der Waals surface area contributed by atoms with Crippen LogP contribution in [-0.4, -0.2) is 7.85 Å². The molecule has 0 bridgehead atoms. The van der Waals surface area contributed by atoms with Gasteiger partial charge in [-0.25, -0.2) is 4.39 Å². The molecule has 0 saturated heterocycles. The summed E-state index contributed by atoms with van der Waals surface area (Å²) in [5.41, 5.74) is 5.58. The second-order valence-corrected chi connectivity index (χ2v) is 2.96. The van der Waals surface area contributed by atoms with Crippen molar-refractivity contribution in [1.29, 1.82) is 5.26 Å². The van der Waals surface area contributed by atoms with Crippen LogP contribution in [0.15, 0.2) is 10.5 Å². The molecule has 0 fully saturated rings. The molecule has 1 aromatic carbocycles. The molecule has 0 saturated carbocycles. The average Bonchev–Trinajstić information content (AvgIpc) is 2.08. The van der Waals surface area contributed by atoms with Gasteiger partial charge in [-0.15, -0.1) is 0 Å². The van der Waals surface area contributed by atoms with E-state index >= 15 is 0 Å². The van der Waals surface area contributed by atoms with Gasteiger partial charge in [0.05, 0.1) is 10.0 Å². The minimum atomic E-state index is -0.677. The first kappa shape index (κ1) is 9.08. The fourth-order valence-electron chi connectivity index (χ4n) is 0.741. The van der Waals surface area contributed by atoms with E-state index in [0.29, 0.717) is 0 Å². The third kappa shape index (κ3) is 1.30. The summed E-state index contributed by atoms with van der Waals surface area (Å²) in [4.78, 5) is 0. The third-order valence-electron chi connectivity index (χ3n) is 1.40. The van der Waals surface area contributed by atoms with Crippen LogP contribution in [0.5, 0.6) is 0 Å². The van der Waals surface area contributed by atoms with Gasteiger partial charge < -0.3 is 5.73 Å². The normalized spacial score (nSPS) is 9.42. The zero-order valence-corrected chi connectivity index (χ0v) is 7.52. The predicted octanol–water partition coefficient (Wildman–Crippen LogP) is 0.836. The summed E-state index contributed by atoms with van der Waals surface area (Å²) in [6.07, 6.45) is 0. The molecule has 0 aromatic heterocycles. The number of nitrogens with two attached hydrogens (primary N) is 1. The molecule has 5 heteroatoms. The van der Waals surface area contributed by atoms with E-state index < -0.39 is 5.82 Å². The zero-order valence-electron chi connectivity index (χ0n) is 5.94. The highest BCUT2D eigenvalue weighted by atomic mass is 79.9. The zero-order chi connectivity index (χ0) is 9.30. The lowest BCUT2D eigenvalue weighted by atomic mass is 9.92. The first-order chi connectivity index (χ1) is 5.57. The molecule has 0 atom stereocenters. The van der Waals surface area contributed by atoms with Gasteiger partial charge in [0.1, 0.15) is 13.9 Å². The Morgan fingerprint density at radius 2 is 2.25 bits per heavy atom. The summed E-state index contributed by atoms with van der Waals surface area (Å²) in [5, 5.41) is 8.45. The molecule has 2 N–H and O–H groups in total. The Kier molecular flexibility index (Phi) is 2.39. The highest BCUT2D eigenvalue weighted by Gasteiger charge is 2.10. The van der Waals surface area contributed by atoms with Crippen LogP contribution in [0.3, 0.4) is 0 Å². The Morgan fingerprint density at radius 1 is 1.67 bits per heavy atom. The molecule has 0 heterocycles. The smallest absolute Gasteiger partial charge is 0.157 e. The molecule has 0 aliphatic rings. The largest absolute Gasteiger partial charge is 0.398 e. The van der Waals surface area contributed by atoms with Crippen LogP contribution in [0.1, 0.15) is 5.56 Å². The number of benzene rings is 1. The summed E-state index contributed by atoms with van der Waals surface area (Å²) >= 11 is 2.89. The van der Waals surface area contributed by atoms with E-state index in [1.165, 1.54) is 6.07 Å². The topological polar surface area (TPSA) is 49.8 Å². The van der Waals surface area contributed by atoms with Crippen molar-refractivity contribution in [3.8, 4) is 6.07 Å². The Morgan fingerprint density at radius 3 is 2.75 bits per heavy atom. The van der Waals surface area contributed by atoms with Crippen LogP contribution in [0.4, 0.5) is 10.1 Å². The molecule has 0 amide bonds. The Bertz CT molecular complexity index is 373. The molecule has 0 aliphatic carbocycles.